The predicted molar refractivity (Wildman–Crippen MR) is 87.2 cm³/mol. The van der Waals surface area contributed by atoms with Crippen molar-refractivity contribution in [2.24, 2.45) is 0 Å². The lowest BCUT2D eigenvalue weighted by molar-refractivity contribution is 0.205. The summed E-state index contributed by atoms with van der Waals surface area (Å²) in [5, 5.41) is 0. The first kappa shape index (κ1) is 16.6. The topological polar surface area (TPSA) is 53.4 Å². The van der Waals surface area contributed by atoms with Crippen molar-refractivity contribution in [3.8, 4) is 17.3 Å². The van der Waals surface area contributed by atoms with Crippen molar-refractivity contribution in [3.05, 3.63) is 82.9 Å². The van der Waals surface area contributed by atoms with Crippen LogP contribution < -0.4 is 15.0 Å². The van der Waals surface area contributed by atoms with Crippen LogP contribution in [-0.2, 0) is 0 Å². The van der Waals surface area contributed by atoms with Gasteiger partial charge in [0, 0.05) is 24.1 Å². The van der Waals surface area contributed by atoms with E-state index < -0.39 is 5.82 Å². The number of benzene rings is 1. The van der Waals surface area contributed by atoms with E-state index in [1.807, 2.05) is 0 Å². The fraction of sp³-hybridized carbons (Fsp3) is 0.111. The Morgan fingerprint density at radius 3 is 2.48 bits per heavy atom. The van der Waals surface area contributed by atoms with Crippen LogP contribution in [0.1, 0.15) is 0 Å². The minimum Gasteiger partial charge on any atom is -0.490 e. The van der Waals surface area contributed by atoms with Gasteiger partial charge >= 0.3 is 0 Å². The van der Waals surface area contributed by atoms with Crippen LogP contribution in [0, 0.1) is 11.6 Å². The van der Waals surface area contributed by atoms with Crippen molar-refractivity contribution in [2.45, 2.75) is 0 Å². The molecular weight excluding hydrogens is 330 g/mol. The molecular formula is C18H14F2N2O3. The van der Waals surface area contributed by atoms with E-state index >= 15 is 0 Å². The molecule has 0 amide bonds. The summed E-state index contributed by atoms with van der Waals surface area (Å²) in [5.41, 5.74) is 0.229. The highest BCUT2D eigenvalue weighted by atomic mass is 19.1. The van der Waals surface area contributed by atoms with Crippen LogP contribution in [0.25, 0.3) is 5.69 Å². The zero-order valence-corrected chi connectivity index (χ0v) is 13.1. The molecule has 0 spiro atoms. The van der Waals surface area contributed by atoms with E-state index in [9.17, 15) is 13.6 Å². The average Bonchev–Trinajstić information content (AvgIpc) is 2.61. The van der Waals surface area contributed by atoms with E-state index in [2.05, 4.69) is 4.98 Å². The second kappa shape index (κ2) is 7.57. The molecule has 0 saturated heterocycles. The van der Waals surface area contributed by atoms with Gasteiger partial charge in [0.1, 0.15) is 24.8 Å². The normalized spacial score (nSPS) is 10.5. The third kappa shape index (κ3) is 4.20. The number of nitrogens with zero attached hydrogens (tertiary/aromatic N) is 2. The lowest BCUT2D eigenvalue weighted by atomic mass is 10.3. The number of rotatable bonds is 6. The van der Waals surface area contributed by atoms with Crippen LogP contribution in [0.15, 0.2) is 65.7 Å². The van der Waals surface area contributed by atoms with Gasteiger partial charge in [0.25, 0.3) is 5.56 Å². The molecule has 0 saturated carbocycles. The number of hydrogen-bond acceptors (Lipinski definition) is 4. The van der Waals surface area contributed by atoms with Crippen molar-refractivity contribution in [1.29, 1.82) is 0 Å². The smallest absolute Gasteiger partial charge is 0.258 e. The van der Waals surface area contributed by atoms with Gasteiger partial charge in [-0.3, -0.25) is 9.36 Å². The Labute approximate surface area is 142 Å². The van der Waals surface area contributed by atoms with E-state index in [1.165, 1.54) is 59.4 Å². The van der Waals surface area contributed by atoms with Crippen LogP contribution in [0.5, 0.6) is 11.6 Å². The van der Waals surface area contributed by atoms with Gasteiger partial charge in [0.15, 0.2) is 5.82 Å². The first-order valence-corrected chi connectivity index (χ1v) is 7.48. The molecule has 0 aliphatic heterocycles. The van der Waals surface area contributed by atoms with E-state index in [0.717, 1.165) is 0 Å². The Morgan fingerprint density at radius 2 is 1.76 bits per heavy atom. The molecule has 2 heterocycles. The van der Waals surface area contributed by atoms with Gasteiger partial charge in [-0.1, -0.05) is 0 Å². The minimum atomic E-state index is -0.551. The van der Waals surface area contributed by atoms with Gasteiger partial charge < -0.3 is 9.47 Å². The molecule has 0 aliphatic rings. The second-order valence-corrected chi connectivity index (χ2v) is 5.03. The van der Waals surface area contributed by atoms with E-state index in [4.69, 9.17) is 9.47 Å². The highest BCUT2D eigenvalue weighted by Gasteiger charge is 2.05. The van der Waals surface area contributed by atoms with Gasteiger partial charge in [-0.15, -0.1) is 0 Å². The summed E-state index contributed by atoms with van der Waals surface area (Å²) in [5.74, 6) is -0.670. The molecule has 1 aromatic carbocycles. The summed E-state index contributed by atoms with van der Waals surface area (Å²) < 4.78 is 38.2. The first-order chi connectivity index (χ1) is 12.1. The van der Waals surface area contributed by atoms with Crippen molar-refractivity contribution in [1.82, 2.24) is 9.55 Å². The van der Waals surface area contributed by atoms with Gasteiger partial charge in [0.05, 0.1) is 0 Å². The van der Waals surface area contributed by atoms with Crippen molar-refractivity contribution >= 4 is 0 Å². The number of pyridine rings is 2. The maximum absolute atomic E-state index is 13.3. The van der Waals surface area contributed by atoms with Gasteiger partial charge in [-0.2, -0.15) is 0 Å². The fourth-order valence-electron chi connectivity index (χ4n) is 2.14. The standard InChI is InChI=1S/C18H14F2N2O3/c19-13-3-5-14(6-4-13)22-9-7-15(12-17(22)23)24-10-11-25-18-16(20)2-1-8-21-18/h1-9,12H,10-11H2. The summed E-state index contributed by atoms with van der Waals surface area (Å²) in [7, 11) is 0. The Kier molecular flexibility index (Phi) is 5.03. The van der Waals surface area contributed by atoms with Crippen LogP contribution in [0.2, 0.25) is 0 Å². The fourth-order valence-corrected chi connectivity index (χ4v) is 2.14. The highest BCUT2D eigenvalue weighted by molar-refractivity contribution is 5.33. The number of halogens is 2. The molecule has 0 bridgehead atoms. The zero-order chi connectivity index (χ0) is 17.6. The maximum Gasteiger partial charge on any atom is 0.258 e. The van der Waals surface area contributed by atoms with Crippen LogP contribution >= 0.6 is 0 Å². The number of aromatic nitrogens is 2. The summed E-state index contributed by atoms with van der Waals surface area (Å²) in [6, 6.07) is 11.2. The molecule has 0 atom stereocenters. The summed E-state index contributed by atoms with van der Waals surface area (Å²) in [4.78, 5) is 15.9. The molecule has 3 rings (SSSR count). The van der Waals surface area contributed by atoms with Crippen molar-refractivity contribution in [2.75, 3.05) is 13.2 Å². The molecule has 0 radical (unpaired) electrons. The zero-order valence-electron chi connectivity index (χ0n) is 13.1. The number of ether oxygens (including phenoxy) is 2. The molecule has 3 aromatic rings. The van der Waals surface area contributed by atoms with Crippen molar-refractivity contribution < 1.29 is 18.3 Å². The molecule has 0 N–H and O–H groups in total. The summed E-state index contributed by atoms with van der Waals surface area (Å²) >= 11 is 0. The van der Waals surface area contributed by atoms with Crippen LogP contribution in [-0.4, -0.2) is 22.8 Å². The SMILES string of the molecule is O=c1cc(OCCOc2ncccc2F)ccn1-c1ccc(F)cc1. The lowest BCUT2D eigenvalue weighted by Gasteiger charge is -2.10. The summed E-state index contributed by atoms with van der Waals surface area (Å²) in [6.45, 7) is 0.199. The Balaban J connectivity index is 1.59. The largest absolute Gasteiger partial charge is 0.490 e. The average molecular weight is 344 g/mol. The molecule has 0 unspecified atom stereocenters. The highest BCUT2D eigenvalue weighted by Crippen LogP contribution is 2.12. The Hall–Kier alpha value is -3.22. The third-order valence-electron chi connectivity index (χ3n) is 3.31. The van der Waals surface area contributed by atoms with E-state index in [-0.39, 0.29) is 30.5 Å². The first-order valence-electron chi connectivity index (χ1n) is 7.48. The molecule has 0 aliphatic carbocycles. The van der Waals surface area contributed by atoms with Gasteiger partial charge in [0.2, 0.25) is 5.88 Å². The molecule has 25 heavy (non-hydrogen) atoms. The Bertz CT molecular complexity index is 911. The van der Waals surface area contributed by atoms with Gasteiger partial charge in [-0.05, 0) is 42.5 Å². The maximum atomic E-state index is 13.3. The lowest BCUT2D eigenvalue weighted by Crippen LogP contribution is -2.17. The predicted octanol–water partition coefficient (Wildman–Crippen LogP) is 2.97. The van der Waals surface area contributed by atoms with Crippen LogP contribution in [0.3, 0.4) is 0 Å². The van der Waals surface area contributed by atoms with Crippen molar-refractivity contribution in [3.63, 3.8) is 0 Å². The third-order valence-corrected chi connectivity index (χ3v) is 3.31. The number of hydrogen-bond donors (Lipinski definition) is 0. The van der Waals surface area contributed by atoms with Crippen LogP contribution in [0.4, 0.5) is 8.78 Å². The van der Waals surface area contributed by atoms with Gasteiger partial charge in [-0.25, -0.2) is 13.8 Å². The molecule has 7 heteroatoms. The molecule has 128 valence electrons. The molecule has 0 fully saturated rings. The minimum absolute atomic E-state index is 0.0784. The molecule has 2 aromatic heterocycles. The molecule has 5 nitrogen and oxygen atoms in total. The van der Waals surface area contributed by atoms with E-state index in [0.29, 0.717) is 11.4 Å². The Morgan fingerprint density at radius 1 is 1.00 bits per heavy atom. The quantitative estimate of drug-likeness (QED) is 0.645. The van der Waals surface area contributed by atoms with E-state index in [1.54, 1.807) is 6.07 Å². The summed E-state index contributed by atoms with van der Waals surface area (Å²) in [6.07, 6.45) is 2.96. The second-order valence-electron chi connectivity index (χ2n) is 5.03. The monoisotopic (exact) mass is 344 g/mol.